The second kappa shape index (κ2) is 3.46. The van der Waals surface area contributed by atoms with E-state index in [9.17, 15) is 9.90 Å². The lowest BCUT2D eigenvalue weighted by Crippen LogP contribution is -2.29. The van der Waals surface area contributed by atoms with E-state index in [1.165, 1.54) is 37.7 Å². The Bertz CT molecular complexity index is 500. The number of fused-ring (bicyclic) bond motifs is 5. The third-order valence-corrected chi connectivity index (χ3v) is 5.02. The third kappa shape index (κ3) is 1.38. The molecule has 4 nitrogen and oxygen atoms in total. The van der Waals surface area contributed by atoms with Gasteiger partial charge in [0.2, 0.25) is 0 Å². The summed E-state index contributed by atoms with van der Waals surface area (Å²) < 4.78 is 0. The van der Waals surface area contributed by atoms with Crippen LogP contribution in [0.15, 0.2) is 18.5 Å². The number of carbonyl (C=O) groups excluding carboxylic acids is 1. The van der Waals surface area contributed by atoms with E-state index >= 15 is 0 Å². The molecule has 4 atom stereocenters. The number of pyridine rings is 1. The Labute approximate surface area is 105 Å². The second-order valence-electron chi connectivity index (χ2n) is 5.92. The Hall–Kier alpha value is -1.58. The van der Waals surface area contributed by atoms with Gasteiger partial charge < -0.3 is 10.4 Å². The fourth-order valence-electron chi connectivity index (χ4n) is 4.31. The number of aromatic hydroxyl groups is 1. The van der Waals surface area contributed by atoms with Crippen LogP contribution < -0.4 is 5.32 Å². The molecule has 3 fully saturated rings. The molecule has 1 amide bonds. The summed E-state index contributed by atoms with van der Waals surface area (Å²) >= 11 is 0. The highest BCUT2D eigenvalue weighted by Crippen LogP contribution is 2.65. The van der Waals surface area contributed by atoms with Crippen molar-refractivity contribution in [3.8, 4) is 5.75 Å². The van der Waals surface area contributed by atoms with Crippen LogP contribution in [0.25, 0.3) is 0 Å². The number of carbonyl (C=O) groups is 1. The van der Waals surface area contributed by atoms with Gasteiger partial charge in [0.15, 0.2) is 0 Å². The first-order valence-corrected chi connectivity index (χ1v) is 6.69. The van der Waals surface area contributed by atoms with Crippen LogP contribution in [0.4, 0.5) is 0 Å². The van der Waals surface area contributed by atoms with Gasteiger partial charge in [-0.1, -0.05) is 0 Å². The van der Waals surface area contributed by atoms with Gasteiger partial charge in [-0.2, -0.15) is 0 Å². The summed E-state index contributed by atoms with van der Waals surface area (Å²) in [4.78, 5) is 15.9. The lowest BCUT2D eigenvalue weighted by atomic mass is 10.0. The lowest BCUT2D eigenvalue weighted by molar-refractivity contribution is 0.0943. The van der Waals surface area contributed by atoms with Crippen LogP contribution in [-0.2, 0) is 0 Å². The maximum atomic E-state index is 12.0. The third-order valence-electron chi connectivity index (χ3n) is 5.02. The summed E-state index contributed by atoms with van der Waals surface area (Å²) in [5.41, 5.74) is 0.451. The molecule has 4 heteroatoms. The van der Waals surface area contributed by atoms with Gasteiger partial charge in [0.05, 0.1) is 11.8 Å². The number of rotatable bonds is 2. The standard InChI is InChI=1S/C14H16N2O2/c17-10-4-9(5-15-6-10)14(18)16-13-11-7-1-2-8(3-7)12(11)13/h4-8,11-13,17H,1-3H2,(H,16,18). The van der Waals surface area contributed by atoms with E-state index in [2.05, 4.69) is 10.3 Å². The van der Waals surface area contributed by atoms with Gasteiger partial charge in [-0.15, -0.1) is 0 Å². The molecule has 0 spiro atoms. The summed E-state index contributed by atoms with van der Waals surface area (Å²) in [5, 5.41) is 12.4. The van der Waals surface area contributed by atoms with Crippen molar-refractivity contribution in [3.63, 3.8) is 0 Å². The monoisotopic (exact) mass is 244 g/mol. The smallest absolute Gasteiger partial charge is 0.253 e. The zero-order valence-corrected chi connectivity index (χ0v) is 10.0. The molecule has 3 aliphatic carbocycles. The van der Waals surface area contributed by atoms with Crippen LogP contribution >= 0.6 is 0 Å². The van der Waals surface area contributed by atoms with Gasteiger partial charge in [-0.25, -0.2) is 0 Å². The number of hydrogen-bond acceptors (Lipinski definition) is 3. The SMILES string of the molecule is O=C(NC1C2C3CCC(C3)C12)c1cncc(O)c1. The maximum absolute atomic E-state index is 12.0. The summed E-state index contributed by atoms with van der Waals surface area (Å²) in [7, 11) is 0. The number of amides is 1. The zero-order chi connectivity index (χ0) is 12.3. The van der Waals surface area contributed by atoms with Crippen molar-refractivity contribution in [2.45, 2.75) is 25.3 Å². The van der Waals surface area contributed by atoms with Crippen LogP contribution in [0.1, 0.15) is 29.6 Å². The zero-order valence-electron chi connectivity index (χ0n) is 10.0. The molecule has 4 rings (SSSR count). The Kier molecular flexibility index (Phi) is 1.99. The lowest BCUT2D eigenvalue weighted by Gasteiger charge is -2.10. The Morgan fingerprint density at radius 2 is 2.00 bits per heavy atom. The normalized spacial score (nSPS) is 39.4. The Balaban J connectivity index is 1.46. The predicted octanol–water partition coefficient (Wildman–Crippen LogP) is 1.56. The molecule has 0 aromatic carbocycles. The van der Waals surface area contributed by atoms with Crippen molar-refractivity contribution in [3.05, 3.63) is 24.0 Å². The first kappa shape index (κ1) is 10.4. The van der Waals surface area contributed by atoms with Gasteiger partial charge in [0.1, 0.15) is 5.75 Å². The highest BCUT2D eigenvalue weighted by atomic mass is 16.3. The molecule has 3 aliphatic rings. The predicted molar refractivity (Wildman–Crippen MR) is 65.0 cm³/mol. The largest absolute Gasteiger partial charge is 0.506 e. The van der Waals surface area contributed by atoms with Crippen molar-refractivity contribution in [2.75, 3.05) is 0 Å². The van der Waals surface area contributed by atoms with Crippen LogP contribution in [0.3, 0.4) is 0 Å². The average molecular weight is 244 g/mol. The quantitative estimate of drug-likeness (QED) is 0.830. The molecular formula is C14H16N2O2. The fraction of sp³-hybridized carbons (Fsp3) is 0.571. The number of aromatic nitrogens is 1. The topological polar surface area (TPSA) is 62.2 Å². The first-order chi connectivity index (χ1) is 8.74. The van der Waals surface area contributed by atoms with Gasteiger partial charge in [0.25, 0.3) is 5.91 Å². The summed E-state index contributed by atoms with van der Waals surface area (Å²) in [6, 6.07) is 1.85. The molecule has 18 heavy (non-hydrogen) atoms. The number of nitrogens with one attached hydrogen (secondary N) is 1. The molecular weight excluding hydrogens is 228 g/mol. The molecule has 4 unspecified atom stereocenters. The van der Waals surface area contributed by atoms with Gasteiger partial charge in [0, 0.05) is 12.2 Å². The van der Waals surface area contributed by atoms with Crippen molar-refractivity contribution in [2.24, 2.45) is 23.7 Å². The van der Waals surface area contributed by atoms with Crippen LogP contribution in [-0.4, -0.2) is 22.0 Å². The molecule has 1 aromatic rings. The van der Waals surface area contributed by atoms with E-state index in [-0.39, 0.29) is 11.7 Å². The van der Waals surface area contributed by atoms with E-state index in [0.717, 1.165) is 23.7 Å². The van der Waals surface area contributed by atoms with Crippen molar-refractivity contribution in [1.29, 1.82) is 0 Å². The molecule has 3 saturated carbocycles. The summed E-state index contributed by atoms with van der Waals surface area (Å²) in [6.45, 7) is 0. The Morgan fingerprint density at radius 1 is 1.28 bits per heavy atom. The molecule has 1 aromatic heterocycles. The minimum Gasteiger partial charge on any atom is -0.506 e. The second-order valence-corrected chi connectivity index (χ2v) is 5.92. The maximum Gasteiger partial charge on any atom is 0.253 e. The summed E-state index contributed by atoms with van der Waals surface area (Å²) in [5.74, 6) is 3.12. The van der Waals surface area contributed by atoms with E-state index in [1.807, 2.05) is 0 Å². The van der Waals surface area contributed by atoms with Gasteiger partial charge >= 0.3 is 0 Å². The molecule has 2 N–H and O–H groups in total. The molecule has 0 aliphatic heterocycles. The van der Waals surface area contributed by atoms with Gasteiger partial charge in [-0.3, -0.25) is 9.78 Å². The van der Waals surface area contributed by atoms with Crippen molar-refractivity contribution in [1.82, 2.24) is 10.3 Å². The first-order valence-electron chi connectivity index (χ1n) is 6.69. The van der Waals surface area contributed by atoms with E-state index in [0.29, 0.717) is 11.6 Å². The highest BCUT2D eigenvalue weighted by Gasteiger charge is 2.65. The van der Waals surface area contributed by atoms with Gasteiger partial charge in [-0.05, 0) is 49.0 Å². The molecule has 94 valence electrons. The van der Waals surface area contributed by atoms with E-state index < -0.39 is 0 Å². The van der Waals surface area contributed by atoms with E-state index in [4.69, 9.17) is 0 Å². The fourth-order valence-corrected chi connectivity index (χ4v) is 4.31. The number of hydrogen-bond donors (Lipinski definition) is 2. The van der Waals surface area contributed by atoms with Crippen LogP contribution in [0.5, 0.6) is 5.75 Å². The van der Waals surface area contributed by atoms with Crippen LogP contribution in [0, 0.1) is 23.7 Å². The molecule has 1 heterocycles. The average Bonchev–Trinajstić information content (AvgIpc) is 2.77. The Morgan fingerprint density at radius 3 is 2.67 bits per heavy atom. The minimum absolute atomic E-state index is 0.0405. The van der Waals surface area contributed by atoms with Crippen LogP contribution in [0.2, 0.25) is 0 Å². The molecule has 0 radical (unpaired) electrons. The highest BCUT2D eigenvalue weighted by molar-refractivity contribution is 5.94. The van der Waals surface area contributed by atoms with E-state index in [1.54, 1.807) is 0 Å². The minimum atomic E-state index is -0.0998. The van der Waals surface area contributed by atoms with Crippen molar-refractivity contribution < 1.29 is 9.90 Å². The number of nitrogens with zero attached hydrogens (tertiary/aromatic N) is 1. The van der Waals surface area contributed by atoms with Crippen molar-refractivity contribution >= 4 is 5.91 Å². The molecule has 0 saturated heterocycles. The summed E-state index contributed by atoms with van der Waals surface area (Å²) in [6.07, 6.45) is 6.93. The molecule has 2 bridgehead atoms.